The van der Waals surface area contributed by atoms with E-state index in [1.807, 2.05) is 36.4 Å². The minimum absolute atomic E-state index is 0.134. The molecule has 3 rings (SSSR count). The Hall–Kier alpha value is -2.37. The monoisotopic (exact) mass is 417 g/mol. The highest BCUT2D eigenvalue weighted by Crippen LogP contribution is 2.28. The van der Waals surface area contributed by atoms with Crippen molar-refractivity contribution in [2.75, 3.05) is 7.11 Å². The molecule has 2 aromatic rings. The van der Waals surface area contributed by atoms with Crippen molar-refractivity contribution >= 4 is 45.5 Å². The number of nitrogens with zero attached hydrogens (tertiary/aromatic N) is 1. The molecule has 0 saturated carbocycles. The van der Waals surface area contributed by atoms with Gasteiger partial charge in [0.15, 0.2) is 5.70 Å². The molecule has 0 atom stereocenters. The Morgan fingerprint density at radius 2 is 2.00 bits per heavy atom. The molecule has 2 aromatic carbocycles. The third kappa shape index (κ3) is 4.18. The van der Waals surface area contributed by atoms with E-state index < -0.39 is 5.97 Å². The minimum Gasteiger partial charge on any atom is -0.496 e. The van der Waals surface area contributed by atoms with E-state index in [0.717, 1.165) is 10.0 Å². The zero-order chi connectivity index (χ0) is 17.8. The van der Waals surface area contributed by atoms with Gasteiger partial charge in [0.25, 0.3) is 0 Å². The van der Waals surface area contributed by atoms with Crippen molar-refractivity contribution in [3.63, 3.8) is 0 Å². The van der Waals surface area contributed by atoms with Crippen LogP contribution >= 0.6 is 27.5 Å². The molecular weight excluding hydrogens is 406 g/mol. The summed E-state index contributed by atoms with van der Waals surface area (Å²) in [6, 6.07) is 14.9. The van der Waals surface area contributed by atoms with Crippen molar-refractivity contribution in [2.24, 2.45) is 4.99 Å². The van der Waals surface area contributed by atoms with E-state index in [0.29, 0.717) is 16.3 Å². The van der Waals surface area contributed by atoms with E-state index in [9.17, 15) is 4.79 Å². The predicted octanol–water partition coefficient (Wildman–Crippen LogP) is 4.92. The fourth-order valence-electron chi connectivity index (χ4n) is 2.25. The highest BCUT2D eigenvalue weighted by molar-refractivity contribution is 9.10. The maximum atomic E-state index is 12.1. The number of aliphatic imine (C=N–C) groups is 1. The van der Waals surface area contributed by atoms with E-state index in [1.165, 1.54) is 6.08 Å². The van der Waals surface area contributed by atoms with Crippen LogP contribution < -0.4 is 4.74 Å². The molecule has 4 nitrogen and oxygen atoms in total. The second-order valence-electron chi connectivity index (χ2n) is 5.12. The van der Waals surface area contributed by atoms with Crippen LogP contribution in [-0.2, 0) is 9.53 Å². The van der Waals surface area contributed by atoms with Crippen molar-refractivity contribution in [3.05, 3.63) is 80.9 Å². The summed E-state index contributed by atoms with van der Waals surface area (Å²) in [5.74, 6) is 0.178. The van der Waals surface area contributed by atoms with Gasteiger partial charge in [-0.05, 0) is 35.9 Å². The molecule has 0 saturated heterocycles. The lowest BCUT2D eigenvalue weighted by atomic mass is 10.2. The van der Waals surface area contributed by atoms with Gasteiger partial charge < -0.3 is 9.47 Å². The number of allylic oxidation sites excluding steroid dienone is 2. The van der Waals surface area contributed by atoms with Gasteiger partial charge in [0.05, 0.1) is 12.7 Å². The molecule has 0 bridgehead atoms. The molecule has 0 spiro atoms. The van der Waals surface area contributed by atoms with E-state index in [4.69, 9.17) is 21.1 Å². The molecule has 0 unspecified atom stereocenters. The number of halogens is 2. The van der Waals surface area contributed by atoms with Gasteiger partial charge in [-0.25, -0.2) is 9.79 Å². The third-order valence-electron chi connectivity index (χ3n) is 3.39. The van der Waals surface area contributed by atoms with Crippen LogP contribution in [0.2, 0.25) is 0 Å². The standard InChI is InChI=1S/C19H13BrClNO3/c1-24-17-8-7-13(20)10-15(17)18-22-16(19(23)25-18)11-14(21)9-12-5-3-2-4-6-12/h2-11H,1H3. The van der Waals surface area contributed by atoms with Gasteiger partial charge in [-0.3, -0.25) is 0 Å². The summed E-state index contributed by atoms with van der Waals surface area (Å²) in [5, 5.41) is 0.379. The minimum atomic E-state index is -0.559. The van der Waals surface area contributed by atoms with Gasteiger partial charge in [-0.15, -0.1) is 0 Å². The SMILES string of the molecule is COc1ccc(Br)cc1C1=NC(=CC(Cl)=Cc2ccccc2)C(=O)O1. The van der Waals surface area contributed by atoms with Gasteiger partial charge in [0.2, 0.25) is 5.90 Å². The van der Waals surface area contributed by atoms with Gasteiger partial charge in [0.1, 0.15) is 5.75 Å². The topological polar surface area (TPSA) is 47.9 Å². The smallest absolute Gasteiger partial charge is 0.363 e. The Labute approximate surface area is 158 Å². The van der Waals surface area contributed by atoms with Crippen LogP contribution in [-0.4, -0.2) is 19.0 Å². The second kappa shape index (κ2) is 7.68. The average molecular weight is 419 g/mol. The molecule has 0 fully saturated rings. The van der Waals surface area contributed by atoms with E-state index >= 15 is 0 Å². The van der Waals surface area contributed by atoms with E-state index in [2.05, 4.69) is 20.9 Å². The first-order valence-electron chi connectivity index (χ1n) is 7.35. The fourth-order valence-corrected chi connectivity index (χ4v) is 2.84. The van der Waals surface area contributed by atoms with Crippen molar-refractivity contribution in [2.45, 2.75) is 0 Å². The van der Waals surface area contributed by atoms with Crippen LogP contribution in [0.15, 0.2) is 74.8 Å². The molecule has 1 aliphatic heterocycles. The third-order valence-corrected chi connectivity index (χ3v) is 4.10. The molecule has 1 aliphatic rings. The highest BCUT2D eigenvalue weighted by atomic mass is 79.9. The molecule has 25 heavy (non-hydrogen) atoms. The molecule has 0 aliphatic carbocycles. The largest absolute Gasteiger partial charge is 0.496 e. The normalized spacial score (nSPS) is 16.0. The van der Waals surface area contributed by atoms with Crippen LogP contribution in [0.3, 0.4) is 0 Å². The van der Waals surface area contributed by atoms with Gasteiger partial charge in [0, 0.05) is 9.51 Å². The Morgan fingerprint density at radius 3 is 2.72 bits per heavy atom. The first-order valence-corrected chi connectivity index (χ1v) is 8.52. The second-order valence-corrected chi connectivity index (χ2v) is 6.47. The van der Waals surface area contributed by atoms with Crippen molar-refractivity contribution in [1.29, 1.82) is 0 Å². The summed E-state index contributed by atoms with van der Waals surface area (Å²) in [6.45, 7) is 0. The van der Waals surface area contributed by atoms with Crippen molar-refractivity contribution in [1.82, 2.24) is 0 Å². The van der Waals surface area contributed by atoms with E-state index in [1.54, 1.807) is 25.3 Å². The molecule has 0 aromatic heterocycles. The van der Waals surface area contributed by atoms with Gasteiger partial charge >= 0.3 is 5.97 Å². The number of ether oxygens (including phenoxy) is 2. The Balaban J connectivity index is 1.93. The number of carbonyl (C=O) groups excluding carboxylic acids is 1. The number of rotatable bonds is 4. The van der Waals surface area contributed by atoms with Crippen molar-refractivity contribution in [3.8, 4) is 5.75 Å². The lowest BCUT2D eigenvalue weighted by molar-refractivity contribution is -0.130. The molecular formula is C19H13BrClNO3. The number of esters is 1. The lowest BCUT2D eigenvalue weighted by Gasteiger charge is -2.07. The first kappa shape index (κ1) is 17.5. The van der Waals surface area contributed by atoms with Crippen LogP contribution in [0.1, 0.15) is 11.1 Å². The zero-order valence-corrected chi connectivity index (χ0v) is 15.5. The molecule has 126 valence electrons. The first-order chi connectivity index (χ1) is 12.1. The number of benzene rings is 2. The molecule has 0 N–H and O–H groups in total. The van der Waals surface area contributed by atoms with Crippen molar-refractivity contribution < 1.29 is 14.3 Å². The summed E-state index contributed by atoms with van der Waals surface area (Å²) in [7, 11) is 1.54. The summed E-state index contributed by atoms with van der Waals surface area (Å²) in [4.78, 5) is 16.3. The Bertz CT molecular complexity index is 904. The summed E-state index contributed by atoms with van der Waals surface area (Å²) < 4.78 is 11.4. The number of carbonyl (C=O) groups is 1. The number of hydrogen-bond donors (Lipinski definition) is 0. The van der Waals surface area contributed by atoms with Crippen LogP contribution in [0.4, 0.5) is 0 Å². The fraction of sp³-hybridized carbons (Fsp3) is 0.0526. The molecule has 1 heterocycles. The number of methoxy groups -OCH3 is 1. The predicted molar refractivity (Wildman–Crippen MR) is 102 cm³/mol. The lowest BCUT2D eigenvalue weighted by Crippen LogP contribution is -2.07. The average Bonchev–Trinajstić information content (AvgIpc) is 2.96. The van der Waals surface area contributed by atoms with Crippen LogP contribution in [0, 0.1) is 0 Å². The number of cyclic esters (lactones) is 1. The summed E-state index contributed by atoms with van der Waals surface area (Å²) in [5.41, 5.74) is 1.64. The Kier molecular flexibility index (Phi) is 5.36. The highest BCUT2D eigenvalue weighted by Gasteiger charge is 2.26. The molecule has 6 heteroatoms. The number of hydrogen-bond acceptors (Lipinski definition) is 4. The quantitative estimate of drug-likeness (QED) is 0.523. The Morgan fingerprint density at radius 1 is 1.24 bits per heavy atom. The summed E-state index contributed by atoms with van der Waals surface area (Å²) in [6.07, 6.45) is 3.23. The summed E-state index contributed by atoms with van der Waals surface area (Å²) >= 11 is 9.60. The van der Waals surface area contributed by atoms with Gasteiger partial charge in [-0.2, -0.15) is 0 Å². The van der Waals surface area contributed by atoms with E-state index in [-0.39, 0.29) is 11.6 Å². The maximum Gasteiger partial charge on any atom is 0.363 e. The van der Waals surface area contributed by atoms with Crippen LogP contribution in [0.5, 0.6) is 5.75 Å². The molecule has 0 amide bonds. The maximum absolute atomic E-state index is 12.1. The van der Waals surface area contributed by atoms with Crippen LogP contribution in [0.25, 0.3) is 6.08 Å². The molecule has 0 radical (unpaired) electrons. The van der Waals surface area contributed by atoms with Gasteiger partial charge in [-0.1, -0.05) is 57.9 Å². The zero-order valence-electron chi connectivity index (χ0n) is 13.2.